The normalized spacial score (nSPS) is 12.0. The van der Waals surface area contributed by atoms with Gasteiger partial charge < -0.3 is 13.9 Å². The summed E-state index contributed by atoms with van der Waals surface area (Å²) in [5.41, 5.74) is 0. The summed E-state index contributed by atoms with van der Waals surface area (Å²) in [6.45, 7) is 5.81. The van der Waals surface area contributed by atoms with E-state index in [1.807, 2.05) is 0 Å². The Hall–Kier alpha value is 0.0969. The topological polar surface area (TPSA) is 27.7 Å². The van der Waals surface area contributed by atoms with Crippen molar-refractivity contribution < 1.29 is 13.9 Å². The number of rotatable bonds is 10. The summed E-state index contributed by atoms with van der Waals surface area (Å²) in [7, 11) is 1.45. The van der Waals surface area contributed by atoms with Crippen LogP contribution in [-0.2, 0) is 13.9 Å². The third-order valence-corrected chi connectivity index (χ3v) is 2.91. The molecule has 4 heteroatoms. The summed E-state index contributed by atoms with van der Waals surface area (Å²) in [6, 6.07) is 1.13. The average molecular weight is 220 g/mol. The first kappa shape index (κ1) is 14.1. The van der Waals surface area contributed by atoms with Crippen LogP contribution in [-0.4, -0.2) is 36.4 Å². The highest BCUT2D eigenvalue weighted by Gasteiger charge is 2.07. The molecule has 0 aromatic heterocycles. The van der Waals surface area contributed by atoms with Crippen LogP contribution in [0, 0.1) is 0 Å². The maximum absolute atomic E-state index is 5.58. The van der Waals surface area contributed by atoms with Gasteiger partial charge in [0.25, 0.3) is 0 Å². The highest BCUT2D eigenvalue weighted by Crippen LogP contribution is 2.06. The first-order valence-corrected chi connectivity index (χ1v) is 7.15. The minimum absolute atomic E-state index is 0.00227. The molecule has 0 saturated heterocycles. The van der Waals surface area contributed by atoms with E-state index in [9.17, 15) is 0 Å². The lowest BCUT2D eigenvalue weighted by Crippen LogP contribution is -2.19. The first-order valence-electron chi connectivity index (χ1n) is 5.57. The number of ether oxygens (including phenoxy) is 2. The highest BCUT2D eigenvalue weighted by molar-refractivity contribution is 6.26. The second-order valence-corrected chi connectivity index (χ2v) is 5.00. The van der Waals surface area contributed by atoms with Crippen LogP contribution in [0.1, 0.15) is 33.1 Å². The van der Waals surface area contributed by atoms with E-state index in [1.54, 1.807) is 7.11 Å². The van der Waals surface area contributed by atoms with Gasteiger partial charge in [-0.1, -0.05) is 13.8 Å². The number of hydrogen-bond donors (Lipinski definition) is 0. The molecule has 0 aromatic rings. The summed E-state index contributed by atoms with van der Waals surface area (Å²) < 4.78 is 16.3. The Morgan fingerprint density at radius 2 is 1.64 bits per heavy atom. The van der Waals surface area contributed by atoms with Gasteiger partial charge in [0.2, 0.25) is 0 Å². The van der Waals surface area contributed by atoms with Crippen molar-refractivity contribution in [1.29, 1.82) is 0 Å². The van der Waals surface area contributed by atoms with Gasteiger partial charge in [0, 0.05) is 20.3 Å². The Labute approximate surface area is 90.1 Å². The lowest BCUT2D eigenvalue weighted by molar-refractivity contribution is -0.143. The molecule has 0 bridgehead atoms. The van der Waals surface area contributed by atoms with Crippen molar-refractivity contribution in [3.05, 3.63) is 0 Å². The molecule has 0 saturated carbocycles. The molecule has 0 rings (SSSR count). The van der Waals surface area contributed by atoms with Crippen molar-refractivity contribution in [3.63, 3.8) is 0 Å². The zero-order chi connectivity index (χ0) is 10.6. The summed E-state index contributed by atoms with van der Waals surface area (Å²) in [4.78, 5) is 0. The Bertz CT molecular complexity index is 104. The Kier molecular flexibility index (Phi) is 11.3. The predicted octanol–water partition coefficient (Wildman–Crippen LogP) is 1.70. The van der Waals surface area contributed by atoms with E-state index < -0.39 is 0 Å². The fourth-order valence-electron chi connectivity index (χ4n) is 1.11. The molecule has 86 valence electrons. The fourth-order valence-corrected chi connectivity index (χ4v) is 1.90. The van der Waals surface area contributed by atoms with Crippen LogP contribution in [0.15, 0.2) is 0 Å². The lowest BCUT2D eigenvalue weighted by atomic mass is 10.4. The first-order chi connectivity index (χ1) is 6.85. The second kappa shape index (κ2) is 11.2. The van der Waals surface area contributed by atoms with Gasteiger partial charge in [0.1, 0.15) is 0 Å². The van der Waals surface area contributed by atoms with E-state index in [0.717, 1.165) is 38.5 Å². The molecule has 14 heavy (non-hydrogen) atoms. The van der Waals surface area contributed by atoms with Gasteiger partial charge >= 0.3 is 0 Å². The zero-order valence-corrected chi connectivity index (χ0v) is 11.2. The van der Waals surface area contributed by atoms with Crippen LogP contribution in [0.3, 0.4) is 0 Å². The van der Waals surface area contributed by atoms with E-state index in [4.69, 9.17) is 13.9 Å². The predicted molar refractivity (Wildman–Crippen MR) is 61.3 cm³/mol. The molecular formula is C10H24O3Si. The molecule has 0 aliphatic rings. The van der Waals surface area contributed by atoms with Gasteiger partial charge in [-0.3, -0.25) is 0 Å². The second-order valence-electron chi connectivity index (χ2n) is 3.31. The molecule has 0 amide bonds. The molecule has 0 N–H and O–H groups in total. The van der Waals surface area contributed by atoms with Gasteiger partial charge in [0.15, 0.2) is 16.1 Å². The SMILES string of the molecule is CCCOC(CC[SiH2]OC)OCCC. The molecule has 0 fully saturated rings. The molecule has 0 aliphatic heterocycles. The summed E-state index contributed by atoms with van der Waals surface area (Å²) >= 11 is 0. The van der Waals surface area contributed by atoms with Gasteiger partial charge in [-0.15, -0.1) is 0 Å². The van der Waals surface area contributed by atoms with E-state index in [2.05, 4.69) is 13.8 Å². The minimum atomic E-state index is -0.328. The maximum Gasteiger partial charge on any atom is 0.161 e. The zero-order valence-electron chi connectivity index (χ0n) is 9.75. The van der Waals surface area contributed by atoms with Gasteiger partial charge in [-0.05, 0) is 25.3 Å². The quantitative estimate of drug-likeness (QED) is 0.319. The van der Waals surface area contributed by atoms with Crippen molar-refractivity contribution in [3.8, 4) is 0 Å². The molecule has 0 heterocycles. The van der Waals surface area contributed by atoms with E-state index >= 15 is 0 Å². The largest absolute Gasteiger partial charge is 0.427 e. The molecule has 0 radical (unpaired) electrons. The van der Waals surface area contributed by atoms with Crippen molar-refractivity contribution in [2.75, 3.05) is 20.3 Å². The Balaban J connectivity index is 3.49. The maximum atomic E-state index is 5.58. The Morgan fingerprint density at radius 3 is 2.07 bits per heavy atom. The van der Waals surface area contributed by atoms with Crippen LogP contribution in [0.25, 0.3) is 0 Å². The van der Waals surface area contributed by atoms with Crippen LogP contribution in [0.4, 0.5) is 0 Å². The molecule has 0 aliphatic carbocycles. The van der Waals surface area contributed by atoms with Crippen molar-refractivity contribution in [2.45, 2.75) is 45.4 Å². The van der Waals surface area contributed by atoms with Crippen molar-refractivity contribution in [1.82, 2.24) is 0 Å². The van der Waals surface area contributed by atoms with Crippen LogP contribution in [0.5, 0.6) is 0 Å². The third-order valence-electron chi connectivity index (χ3n) is 1.80. The summed E-state index contributed by atoms with van der Waals surface area (Å²) in [5.74, 6) is 0. The molecular weight excluding hydrogens is 196 g/mol. The van der Waals surface area contributed by atoms with Crippen LogP contribution >= 0.6 is 0 Å². The van der Waals surface area contributed by atoms with Crippen LogP contribution < -0.4 is 0 Å². The average Bonchev–Trinajstić information content (AvgIpc) is 2.21. The standard InChI is InChI=1S/C10H24O3Si/c1-4-7-12-10(13-8-5-2)6-9-14-11-3/h10H,4-9,14H2,1-3H3. The summed E-state index contributed by atoms with van der Waals surface area (Å²) in [6.07, 6.45) is 3.08. The van der Waals surface area contributed by atoms with Gasteiger partial charge in [0.05, 0.1) is 0 Å². The smallest absolute Gasteiger partial charge is 0.161 e. The number of hydrogen-bond acceptors (Lipinski definition) is 3. The van der Waals surface area contributed by atoms with Crippen LogP contribution in [0.2, 0.25) is 6.04 Å². The van der Waals surface area contributed by atoms with E-state index in [-0.39, 0.29) is 16.1 Å². The lowest BCUT2D eigenvalue weighted by Gasteiger charge is -2.17. The molecule has 0 spiro atoms. The summed E-state index contributed by atoms with van der Waals surface area (Å²) in [5, 5.41) is 0. The van der Waals surface area contributed by atoms with Crippen molar-refractivity contribution in [2.24, 2.45) is 0 Å². The van der Waals surface area contributed by atoms with Gasteiger partial charge in [-0.2, -0.15) is 0 Å². The van der Waals surface area contributed by atoms with Gasteiger partial charge in [-0.25, -0.2) is 0 Å². The molecule has 0 unspecified atom stereocenters. The van der Waals surface area contributed by atoms with Crippen molar-refractivity contribution >= 4 is 9.76 Å². The fraction of sp³-hybridized carbons (Fsp3) is 1.00. The molecule has 0 atom stereocenters. The molecule has 0 aromatic carbocycles. The Morgan fingerprint density at radius 1 is 1.07 bits per heavy atom. The highest BCUT2D eigenvalue weighted by atomic mass is 28.2. The minimum Gasteiger partial charge on any atom is -0.427 e. The third kappa shape index (κ3) is 8.68. The van der Waals surface area contributed by atoms with E-state index in [1.165, 1.54) is 0 Å². The molecule has 3 nitrogen and oxygen atoms in total. The monoisotopic (exact) mass is 220 g/mol. The van der Waals surface area contributed by atoms with E-state index in [0.29, 0.717) is 0 Å².